The van der Waals surface area contributed by atoms with Crippen LogP contribution in [0.5, 0.6) is 11.5 Å². The molecule has 21 heavy (non-hydrogen) atoms. The summed E-state index contributed by atoms with van der Waals surface area (Å²) in [5, 5.41) is 22.9. The first-order chi connectivity index (χ1) is 10.1. The summed E-state index contributed by atoms with van der Waals surface area (Å²) in [6.07, 6.45) is 1.48. The van der Waals surface area contributed by atoms with Crippen molar-refractivity contribution in [1.29, 1.82) is 0 Å². The molecule has 1 aliphatic rings. The Bertz CT molecular complexity index is 763. The molecule has 0 radical (unpaired) electrons. The van der Waals surface area contributed by atoms with Crippen LogP contribution in [0.15, 0.2) is 59.3 Å². The van der Waals surface area contributed by atoms with Gasteiger partial charge in [0, 0.05) is 17.2 Å². The number of hydrogen-bond acceptors (Lipinski definition) is 5. The molecular formula is C16H11NO4. The van der Waals surface area contributed by atoms with Crippen molar-refractivity contribution in [3.05, 3.63) is 65.2 Å². The van der Waals surface area contributed by atoms with Gasteiger partial charge in [-0.25, -0.2) is 4.79 Å². The summed E-state index contributed by atoms with van der Waals surface area (Å²) in [7, 11) is 0. The van der Waals surface area contributed by atoms with Gasteiger partial charge in [-0.3, -0.25) is 0 Å². The molecule has 0 saturated carbocycles. The van der Waals surface area contributed by atoms with Crippen molar-refractivity contribution in [1.82, 2.24) is 0 Å². The Morgan fingerprint density at radius 1 is 1.05 bits per heavy atom. The van der Waals surface area contributed by atoms with Gasteiger partial charge in [-0.1, -0.05) is 35.5 Å². The summed E-state index contributed by atoms with van der Waals surface area (Å²) in [4.78, 5) is 16.5. The summed E-state index contributed by atoms with van der Waals surface area (Å²) in [6, 6.07) is 13.3. The van der Waals surface area contributed by atoms with E-state index in [1.54, 1.807) is 0 Å². The maximum Gasteiger partial charge on any atom is 0.368 e. The number of nitrogens with zero attached hydrogens (tertiary/aromatic N) is 1. The summed E-state index contributed by atoms with van der Waals surface area (Å²) in [6.45, 7) is 0. The van der Waals surface area contributed by atoms with Crippen LogP contribution >= 0.6 is 0 Å². The maximum absolute atomic E-state index is 11.8. The van der Waals surface area contributed by atoms with Crippen molar-refractivity contribution >= 4 is 17.8 Å². The van der Waals surface area contributed by atoms with Crippen molar-refractivity contribution < 1.29 is 19.8 Å². The highest BCUT2D eigenvalue weighted by Gasteiger charge is 2.26. The summed E-state index contributed by atoms with van der Waals surface area (Å²) >= 11 is 0. The first-order valence-corrected chi connectivity index (χ1v) is 6.24. The van der Waals surface area contributed by atoms with Gasteiger partial charge in [-0.15, -0.1) is 0 Å². The zero-order valence-electron chi connectivity index (χ0n) is 10.9. The monoisotopic (exact) mass is 281 g/mol. The fraction of sp³-hybridized carbons (Fsp3) is 0. The van der Waals surface area contributed by atoms with E-state index in [1.807, 2.05) is 30.3 Å². The van der Waals surface area contributed by atoms with Crippen LogP contribution < -0.4 is 0 Å². The number of carbonyl (C=O) groups is 1. The maximum atomic E-state index is 11.8. The number of carbonyl (C=O) groups excluding carboxylic acids is 1. The SMILES string of the molecule is O=C1ON=C(c2ccccc2)/C1=C/c1ccc(O)cc1O. The molecule has 5 heteroatoms. The molecule has 1 heterocycles. The van der Waals surface area contributed by atoms with E-state index in [0.717, 1.165) is 5.56 Å². The van der Waals surface area contributed by atoms with E-state index in [9.17, 15) is 15.0 Å². The van der Waals surface area contributed by atoms with Crippen molar-refractivity contribution in [2.24, 2.45) is 5.16 Å². The van der Waals surface area contributed by atoms with Crippen LogP contribution in [0.4, 0.5) is 0 Å². The Balaban J connectivity index is 2.05. The van der Waals surface area contributed by atoms with Gasteiger partial charge in [0.25, 0.3) is 0 Å². The second-order valence-electron chi connectivity index (χ2n) is 4.49. The Labute approximate surface area is 120 Å². The Morgan fingerprint density at radius 2 is 1.81 bits per heavy atom. The minimum absolute atomic E-state index is 0.0550. The standard InChI is InChI=1S/C16H11NO4/c18-12-7-6-11(14(19)9-12)8-13-15(17-21-16(13)20)10-4-2-1-3-5-10/h1-9,18-19H/b13-8-. The number of phenols is 2. The van der Waals surface area contributed by atoms with E-state index in [2.05, 4.69) is 5.16 Å². The minimum atomic E-state index is -0.582. The third-order valence-electron chi connectivity index (χ3n) is 3.06. The Kier molecular flexibility index (Phi) is 3.16. The molecule has 0 amide bonds. The quantitative estimate of drug-likeness (QED) is 0.654. The molecule has 2 aromatic rings. The van der Waals surface area contributed by atoms with Crippen molar-refractivity contribution in [2.45, 2.75) is 0 Å². The molecule has 2 N–H and O–H groups in total. The molecule has 0 spiro atoms. The van der Waals surface area contributed by atoms with Crippen LogP contribution in [0.25, 0.3) is 6.08 Å². The molecule has 0 atom stereocenters. The molecule has 0 bridgehead atoms. The van der Waals surface area contributed by atoms with Gasteiger partial charge in [0.2, 0.25) is 0 Å². The Hall–Kier alpha value is -3.08. The zero-order valence-corrected chi connectivity index (χ0v) is 10.9. The van der Waals surface area contributed by atoms with Gasteiger partial charge in [0.05, 0.1) is 5.57 Å². The molecular weight excluding hydrogens is 270 g/mol. The van der Waals surface area contributed by atoms with E-state index < -0.39 is 5.97 Å². The molecule has 1 aliphatic heterocycles. The molecule has 104 valence electrons. The van der Waals surface area contributed by atoms with Crippen molar-refractivity contribution in [3.63, 3.8) is 0 Å². The molecule has 0 unspecified atom stereocenters. The number of hydrogen-bond donors (Lipinski definition) is 2. The molecule has 0 aliphatic carbocycles. The second-order valence-corrected chi connectivity index (χ2v) is 4.49. The van der Waals surface area contributed by atoms with Crippen LogP contribution in [0, 0.1) is 0 Å². The van der Waals surface area contributed by atoms with Crippen LogP contribution in [-0.2, 0) is 9.63 Å². The van der Waals surface area contributed by atoms with E-state index in [1.165, 1.54) is 24.3 Å². The van der Waals surface area contributed by atoms with E-state index in [-0.39, 0.29) is 17.1 Å². The highest BCUT2D eigenvalue weighted by Crippen LogP contribution is 2.27. The van der Waals surface area contributed by atoms with Crippen molar-refractivity contribution in [3.8, 4) is 11.5 Å². The van der Waals surface area contributed by atoms with Gasteiger partial charge in [-0.2, -0.15) is 0 Å². The molecule has 0 saturated heterocycles. The molecule has 0 aromatic heterocycles. The minimum Gasteiger partial charge on any atom is -0.508 e. The fourth-order valence-electron chi connectivity index (χ4n) is 2.02. The fourth-order valence-corrected chi connectivity index (χ4v) is 2.02. The third-order valence-corrected chi connectivity index (χ3v) is 3.06. The normalized spacial score (nSPS) is 15.9. The number of phenolic OH excluding ortho intramolecular Hbond substituents is 2. The average Bonchev–Trinajstić information content (AvgIpc) is 2.84. The average molecular weight is 281 g/mol. The number of oxime groups is 1. The first-order valence-electron chi connectivity index (χ1n) is 6.24. The molecule has 5 nitrogen and oxygen atoms in total. The third kappa shape index (κ3) is 2.49. The largest absolute Gasteiger partial charge is 0.508 e. The topological polar surface area (TPSA) is 79.1 Å². The zero-order chi connectivity index (χ0) is 14.8. The van der Waals surface area contributed by atoms with Crippen LogP contribution in [0.2, 0.25) is 0 Å². The lowest BCUT2D eigenvalue weighted by molar-refractivity contribution is -0.136. The highest BCUT2D eigenvalue weighted by atomic mass is 16.7. The van der Waals surface area contributed by atoms with E-state index in [4.69, 9.17) is 4.84 Å². The van der Waals surface area contributed by atoms with Crippen molar-refractivity contribution in [2.75, 3.05) is 0 Å². The molecule has 3 rings (SSSR count). The van der Waals surface area contributed by atoms with Gasteiger partial charge in [0.1, 0.15) is 17.2 Å². The first kappa shape index (κ1) is 12.9. The number of rotatable bonds is 2. The molecule has 2 aromatic carbocycles. The summed E-state index contributed by atoms with van der Waals surface area (Å²) in [5.74, 6) is -0.767. The number of aromatic hydroxyl groups is 2. The van der Waals surface area contributed by atoms with Crippen LogP contribution in [0.1, 0.15) is 11.1 Å². The van der Waals surface area contributed by atoms with Gasteiger partial charge < -0.3 is 15.1 Å². The lowest BCUT2D eigenvalue weighted by atomic mass is 10.0. The second kappa shape index (κ2) is 5.13. The van der Waals surface area contributed by atoms with E-state index in [0.29, 0.717) is 11.3 Å². The lowest BCUT2D eigenvalue weighted by Crippen LogP contribution is -2.06. The Morgan fingerprint density at radius 3 is 2.52 bits per heavy atom. The number of benzene rings is 2. The van der Waals surface area contributed by atoms with Gasteiger partial charge in [-0.05, 0) is 18.2 Å². The highest BCUT2D eigenvalue weighted by molar-refractivity contribution is 6.31. The summed E-state index contributed by atoms with van der Waals surface area (Å²) < 4.78 is 0. The summed E-state index contributed by atoms with van der Waals surface area (Å²) in [5.41, 5.74) is 1.80. The van der Waals surface area contributed by atoms with Gasteiger partial charge >= 0.3 is 5.97 Å². The lowest BCUT2D eigenvalue weighted by Gasteiger charge is -2.03. The van der Waals surface area contributed by atoms with Crippen LogP contribution in [-0.4, -0.2) is 21.9 Å². The predicted octanol–water partition coefficient (Wildman–Crippen LogP) is 2.44. The van der Waals surface area contributed by atoms with Gasteiger partial charge in [0.15, 0.2) is 0 Å². The smallest absolute Gasteiger partial charge is 0.368 e. The molecule has 0 fully saturated rings. The van der Waals surface area contributed by atoms with E-state index >= 15 is 0 Å². The predicted molar refractivity (Wildman–Crippen MR) is 76.8 cm³/mol. The van der Waals surface area contributed by atoms with Crippen LogP contribution in [0.3, 0.4) is 0 Å².